The van der Waals surface area contributed by atoms with Crippen molar-refractivity contribution < 1.29 is 0 Å². The van der Waals surface area contributed by atoms with Gasteiger partial charge in [0.25, 0.3) is 0 Å². The van der Waals surface area contributed by atoms with E-state index in [-0.39, 0.29) is 6.04 Å². The Kier molecular flexibility index (Phi) is 4.32. The Hall–Kier alpha value is -1.00. The molecule has 0 aliphatic carbocycles. The molecular weight excluding hydrogens is 329 g/mol. The Morgan fingerprint density at radius 2 is 1.70 bits per heavy atom. The van der Waals surface area contributed by atoms with Gasteiger partial charge >= 0.3 is 0 Å². The minimum atomic E-state index is 0.119. The van der Waals surface area contributed by atoms with Crippen LogP contribution in [0.1, 0.15) is 15.8 Å². The summed E-state index contributed by atoms with van der Waals surface area (Å²) < 4.78 is 0.805. The average Bonchev–Trinajstić information content (AvgIpc) is 3.09. The van der Waals surface area contributed by atoms with E-state index < -0.39 is 0 Å². The van der Waals surface area contributed by atoms with E-state index in [0.29, 0.717) is 0 Å². The molecule has 0 spiro atoms. The quantitative estimate of drug-likeness (QED) is 0.586. The molecule has 0 saturated heterocycles. The van der Waals surface area contributed by atoms with Crippen LogP contribution in [0.15, 0.2) is 53.9 Å². The molecule has 20 heavy (non-hydrogen) atoms. The van der Waals surface area contributed by atoms with Gasteiger partial charge in [0.2, 0.25) is 0 Å². The number of thiophene rings is 2. The summed E-state index contributed by atoms with van der Waals surface area (Å²) in [5, 5.41) is 6.36. The highest BCUT2D eigenvalue weighted by molar-refractivity contribution is 7.16. The van der Waals surface area contributed by atoms with Gasteiger partial charge in [0.1, 0.15) is 0 Å². The summed E-state index contributed by atoms with van der Waals surface area (Å²) in [6.07, 6.45) is 0. The third-order valence-corrected chi connectivity index (χ3v) is 5.35. The topological polar surface area (TPSA) is 12.0 Å². The molecule has 1 aromatic carbocycles. The highest BCUT2D eigenvalue weighted by Gasteiger charge is 2.17. The molecule has 2 aromatic heterocycles. The van der Waals surface area contributed by atoms with Gasteiger partial charge in [0.15, 0.2) is 0 Å². The third kappa shape index (κ3) is 3.18. The summed E-state index contributed by atoms with van der Waals surface area (Å²) in [7, 11) is 0. The van der Waals surface area contributed by atoms with Crippen LogP contribution in [0, 0.1) is 0 Å². The number of hydrogen-bond donors (Lipinski definition) is 1. The molecule has 3 rings (SSSR count). The largest absolute Gasteiger partial charge is 0.373 e. The molecular formula is C15H11Cl2NS2. The SMILES string of the molecule is Clc1ccc(NC(c2cccs2)c2ccc(Cl)s2)cc1. The fourth-order valence-electron chi connectivity index (χ4n) is 1.93. The first-order valence-electron chi connectivity index (χ1n) is 6.03. The van der Waals surface area contributed by atoms with Gasteiger partial charge in [0.05, 0.1) is 10.4 Å². The van der Waals surface area contributed by atoms with Crippen molar-refractivity contribution >= 4 is 51.6 Å². The minimum absolute atomic E-state index is 0.119. The fraction of sp³-hybridized carbons (Fsp3) is 0.0667. The molecule has 0 fully saturated rings. The smallest absolute Gasteiger partial charge is 0.0954 e. The predicted molar refractivity (Wildman–Crippen MR) is 90.6 cm³/mol. The van der Waals surface area contributed by atoms with Crippen LogP contribution < -0.4 is 5.32 Å². The maximum absolute atomic E-state index is 6.07. The average molecular weight is 340 g/mol. The summed E-state index contributed by atoms with van der Waals surface area (Å²) in [5.41, 5.74) is 1.04. The highest BCUT2D eigenvalue weighted by atomic mass is 35.5. The molecule has 0 radical (unpaired) electrons. The Labute approximate surface area is 135 Å². The lowest BCUT2D eigenvalue weighted by molar-refractivity contribution is 0.993. The van der Waals surface area contributed by atoms with Gasteiger partial charge in [-0.05, 0) is 47.8 Å². The second kappa shape index (κ2) is 6.19. The first kappa shape index (κ1) is 14.0. The molecule has 0 aliphatic rings. The van der Waals surface area contributed by atoms with Crippen LogP contribution in [0.3, 0.4) is 0 Å². The maximum atomic E-state index is 6.07. The molecule has 3 aromatic rings. The van der Waals surface area contributed by atoms with Crippen molar-refractivity contribution in [2.45, 2.75) is 6.04 Å². The molecule has 1 atom stereocenters. The van der Waals surface area contributed by atoms with Gasteiger partial charge in [-0.25, -0.2) is 0 Å². The van der Waals surface area contributed by atoms with E-state index in [1.807, 2.05) is 30.3 Å². The Morgan fingerprint density at radius 3 is 2.30 bits per heavy atom. The third-order valence-electron chi connectivity index (χ3n) is 2.86. The monoisotopic (exact) mass is 339 g/mol. The van der Waals surface area contributed by atoms with E-state index in [0.717, 1.165) is 15.0 Å². The summed E-state index contributed by atoms with van der Waals surface area (Å²) in [5.74, 6) is 0. The second-order valence-electron chi connectivity index (χ2n) is 4.24. The van der Waals surface area contributed by atoms with Crippen LogP contribution in [0.2, 0.25) is 9.36 Å². The molecule has 1 N–H and O–H groups in total. The second-order valence-corrected chi connectivity index (χ2v) is 7.40. The molecule has 0 bridgehead atoms. The Bertz CT molecular complexity index is 674. The minimum Gasteiger partial charge on any atom is -0.373 e. The predicted octanol–water partition coefficient (Wildman–Crippen LogP) is 6.32. The van der Waals surface area contributed by atoms with Crippen LogP contribution in [-0.2, 0) is 0 Å². The normalized spacial score (nSPS) is 12.3. The number of halogens is 2. The number of anilines is 1. The van der Waals surface area contributed by atoms with Gasteiger partial charge < -0.3 is 5.32 Å². The zero-order chi connectivity index (χ0) is 13.9. The van der Waals surface area contributed by atoms with Crippen LogP contribution in [0.25, 0.3) is 0 Å². The van der Waals surface area contributed by atoms with Crippen molar-refractivity contribution in [3.63, 3.8) is 0 Å². The van der Waals surface area contributed by atoms with Crippen molar-refractivity contribution in [3.8, 4) is 0 Å². The first-order valence-corrected chi connectivity index (χ1v) is 8.48. The number of hydrogen-bond acceptors (Lipinski definition) is 3. The number of benzene rings is 1. The molecule has 1 nitrogen and oxygen atoms in total. The number of nitrogens with one attached hydrogen (secondary N) is 1. The molecule has 0 amide bonds. The molecule has 102 valence electrons. The lowest BCUT2D eigenvalue weighted by Crippen LogP contribution is -2.09. The van der Waals surface area contributed by atoms with E-state index >= 15 is 0 Å². The zero-order valence-electron chi connectivity index (χ0n) is 10.3. The van der Waals surface area contributed by atoms with Gasteiger partial charge in [0, 0.05) is 20.5 Å². The lowest BCUT2D eigenvalue weighted by Gasteiger charge is -2.17. The maximum Gasteiger partial charge on any atom is 0.0954 e. The fourth-order valence-corrected chi connectivity index (χ4v) is 4.06. The molecule has 5 heteroatoms. The molecule has 1 unspecified atom stereocenters. The van der Waals surface area contributed by atoms with E-state index in [2.05, 4.69) is 28.9 Å². The van der Waals surface area contributed by atoms with E-state index in [1.54, 1.807) is 22.7 Å². The van der Waals surface area contributed by atoms with Crippen LogP contribution in [-0.4, -0.2) is 0 Å². The van der Waals surface area contributed by atoms with Crippen molar-refractivity contribution in [2.75, 3.05) is 5.32 Å². The summed E-state index contributed by atoms with van der Waals surface area (Å²) in [6, 6.07) is 16.1. The molecule has 2 heterocycles. The Morgan fingerprint density at radius 1 is 0.900 bits per heavy atom. The zero-order valence-corrected chi connectivity index (χ0v) is 13.5. The van der Waals surface area contributed by atoms with E-state index in [9.17, 15) is 0 Å². The Balaban J connectivity index is 1.92. The first-order chi connectivity index (χ1) is 9.72. The summed E-state index contributed by atoms with van der Waals surface area (Å²) in [6.45, 7) is 0. The van der Waals surface area contributed by atoms with E-state index in [1.165, 1.54) is 9.75 Å². The van der Waals surface area contributed by atoms with Crippen molar-refractivity contribution in [1.82, 2.24) is 0 Å². The highest BCUT2D eigenvalue weighted by Crippen LogP contribution is 2.35. The lowest BCUT2D eigenvalue weighted by atomic mass is 10.2. The molecule has 0 saturated carbocycles. The van der Waals surface area contributed by atoms with Crippen molar-refractivity contribution in [2.24, 2.45) is 0 Å². The standard InChI is InChI=1S/C15H11Cl2NS2/c16-10-3-5-11(6-4-10)18-15(12-2-1-9-19-12)13-7-8-14(17)20-13/h1-9,15,18H. The van der Waals surface area contributed by atoms with E-state index in [4.69, 9.17) is 23.2 Å². The van der Waals surface area contributed by atoms with Gasteiger partial charge in [-0.3, -0.25) is 0 Å². The number of rotatable bonds is 4. The van der Waals surface area contributed by atoms with Crippen LogP contribution in [0.5, 0.6) is 0 Å². The van der Waals surface area contributed by atoms with Gasteiger partial charge in [-0.1, -0.05) is 29.3 Å². The van der Waals surface area contributed by atoms with Crippen molar-refractivity contribution in [3.05, 3.63) is 73.0 Å². The van der Waals surface area contributed by atoms with Gasteiger partial charge in [-0.15, -0.1) is 22.7 Å². The van der Waals surface area contributed by atoms with Crippen molar-refractivity contribution in [1.29, 1.82) is 0 Å². The van der Waals surface area contributed by atoms with Crippen LogP contribution in [0.4, 0.5) is 5.69 Å². The van der Waals surface area contributed by atoms with Gasteiger partial charge in [-0.2, -0.15) is 0 Å². The molecule has 0 aliphatic heterocycles. The van der Waals surface area contributed by atoms with Crippen LogP contribution >= 0.6 is 45.9 Å². The summed E-state index contributed by atoms with van der Waals surface area (Å²) >= 11 is 15.3. The summed E-state index contributed by atoms with van der Waals surface area (Å²) in [4.78, 5) is 2.46.